The predicted octanol–water partition coefficient (Wildman–Crippen LogP) is 2.07. The zero-order valence-corrected chi connectivity index (χ0v) is 8.87. The number of ether oxygens (including phenoxy) is 1. The SMILES string of the molecule is COC(=O)Nc1cc(F)ccc1N(C)C. The normalized spacial score (nSPS) is 9.60. The van der Waals surface area contributed by atoms with Crippen LogP contribution in [0.2, 0.25) is 0 Å². The fourth-order valence-corrected chi connectivity index (χ4v) is 1.16. The van der Waals surface area contributed by atoms with Crippen molar-refractivity contribution in [3.8, 4) is 0 Å². The highest BCUT2D eigenvalue weighted by Gasteiger charge is 2.09. The van der Waals surface area contributed by atoms with E-state index < -0.39 is 11.9 Å². The molecule has 1 aromatic carbocycles. The van der Waals surface area contributed by atoms with Gasteiger partial charge < -0.3 is 9.64 Å². The summed E-state index contributed by atoms with van der Waals surface area (Å²) in [6.07, 6.45) is -0.622. The molecule has 1 aromatic rings. The third-order valence-corrected chi connectivity index (χ3v) is 1.86. The fourth-order valence-electron chi connectivity index (χ4n) is 1.16. The summed E-state index contributed by atoms with van der Waals surface area (Å²) in [5.74, 6) is -0.410. The molecule has 15 heavy (non-hydrogen) atoms. The summed E-state index contributed by atoms with van der Waals surface area (Å²) in [4.78, 5) is 12.8. The Bertz CT molecular complexity index is 366. The molecule has 4 nitrogen and oxygen atoms in total. The van der Waals surface area contributed by atoms with Gasteiger partial charge in [-0.3, -0.25) is 5.32 Å². The number of carbonyl (C=O) groups excluding carboxylic acids is 1. The van der Waals surface area contributed by atoms with Crippen LogP contribution in [0.3, 0.4) is 0 Å². The van der Waals surface area contributed by atoms with Crippen LogP contribution in [-0.4, -0.2) is 27.3 Å². The molecule has 0 bridgehead atoms. The molecule has 0 radical (unpaired) electrons. The van der Waals surface area contributed by atoms with Crippen LogP contribution in [0.15, 0.2) is 18.2 Å². The number of hydrogen-bond donors (Lipinski definition) is 1. The van der Waals surface area contributed by atoms with Crippen LogP contribution in [0.25, 0.3) is 0 Å². The van der Waals surface area contributed by atoms with Crippen molar-refractivity contribution >= 4 is 17.5 Å². The van der Waals surface area contributed by atoms with E-state index in [9.17, 15) is 9.18 Å². The lowest BCUT2D eigenvalue weighted by Crippen LogP contribution is -2.16. The molecule has 5 heteroatoms. The first-order chi connectivity index (χ1) is 7.04. The third kappa shape index (κ3) is 2.83. The Morgan fingerprint density at radius 1 is 1.47 bits per heavy atom. The summed E-state index contributed by atoms with van der Waals surface area (Å²) in [6.45, 7) is 0. The van der Waals surface area contributed by atoms with Crippen molar-refractivity contribution in [3.05, 3.63) is 24.0 Å². The summed E-state index contributed by atoms with van der Waals surface area (Å²) in [6, 6.07) is 4.16. The van der Waals surface area contributed by atoms with Gasteiger partial charge in [0, 0.05) is 14.1 Å². The van der Waals surface area contributed by atoms with E-state index in [2.05, 4.69) is 10.1 Å². The number of nitrogens with zero attached hydrogens (tertiary/aromatic N) is 1. The summed E-state index contributed by atoms with van der Waals surface area (Å²) in [5, 5.41) is 2.44. The van der Waals surface area contributed by atoms with E-state index in [4.69, 9.17) is 0 Å². The summed E-state index contributed by atoms with van der Waals surface area (Å²) in [7, 11) is 4.86. The van der Waals surface area contributed by atoms with Crippen molar-refractivity contribution in [2.45, 2.75) is 0 Å². The van der Waals surface area contributed by atoms with Crippen LogP contribution >= 0.6 is 0 Å². The van der Waals surface area contributed by atoms with Gasteiger partial charge in [-0.15, -0.1) is 0 Å². The molecule has 0 fully saturated rings. The van der Waals surface area contributed by atoms with Crippen LogP contribution in [-0.2, 0) is 4.74 Å². The van der Waals surface area contributed by atoms with Crippen molar-refractivity contribution < 1.29 is 13.9 Å². The molecule has 0 saturated heterocycles. The maximum absolute atomic E-state index is 13.0. The number of hydrogen-bond acceptors (Lipinski definition) is 3. The zero-order valence-electron chi connectivity index (χ0n) is 8.87. The molecule has 0 heterocycles. The quantitative estimate of drug-likeness (QED) is 0.815. The number of halogens is 1. The van der Waals surface area contributed by atoms with E-state index >= 15 is 0 Å². The second-order valence-corrected chi connectivity index (χ2v) is 3.17. The van der Waals surface area contributed by atoms with Gasteiger partial charge in [0.05, 0.1) is 18.5 Å². The van der Waals surface area contributed by atoms with E-state index in [1.807, 2.05) is 0 Å². The Hall–Kier alpha value is -1.78. The average Bonchev–Trinajstić information content (AvgIpc) is 2.17. The van der Waals surface area contributed by atoms with E-state index in [-0.39, 0.29) is 0 Å². The minimum atomic E-state index is -0.622. The second kappa shape index (κ2) is 4.63. The summed E-state index contributed by atoms with van der Waals surface area (Å²) >= 11 is 0. The lowest BCUT2D eigenvalue weighted by Gasteiger charge is -2.17. The van der Waals surface area contributed by atoms with Crippen LogP contribution in [0, 0.1) is 5.82 Å². The third-order valence-electron chi connectivity index (χ3n) is 1.86. The van der Waals surface area contributed by atoms with Crippen molar-refractivity contribution in [2.75, 3.05) is 31.4 Å². The van der Waals surface area contributed by atoms with Crippen molar-refractivity contribution in [1.29, 1.82) is 0 Å². The zero-order chi connectivity index (χ0) is 11.4. The molecule has 0 atom stereocenters. The number of amides is 1. The van der Waals surface area contributed by atoms with Gasteiger partial charge in [-0.1, -0.05) is 0 Å². The van der Waals surface area contributed by atoms with Crippen molar-refractivity contribution in [3.63, 3.8) is 0 Å². The minimum Gasteiger partial charge on any atom is -0.453 e. The highest BCUT2D eigenvalue weighted by atomic mass is 19.1. The fraction of sp³-hybridized carbons (Fsp3) is 0.300. The van der Waals surface area contributed by atoms with Crippen molar-refractivity contribution in [1.82, 2.24) is 0 Å². The first-order valence-electron chi connectivity index (χ1n) is 4.36. The Morgan fingerprint density at radius 2 is 2.13 bits per heavy atom. The molecule has 0 spiro atoms. The standard InChI is InChI=1S/C10H13FN2O2/c1-13(2)9-5-4-7(11)6-8(9)12-10(14)15-3/h4-6H,1-3H3,(H,12,14). The van der Waals surface area contributed by atoms with Gasteiger partial charge in [-0.2, -0.15) is 0 Å². The van der Waals surface area contributed by atoms with Gasteiger partial charge in [0.1, 0.15) is 5.82 Å². The maximum atomic E-state index is 13.0. The van der Waals surface area contributed by atoms with E-state index in [0.717, 1.165) is 0 Å². The molecule has 1 amide bonds. The smallest absolute Gasteiger partial charge is 0.411 e. The van der Waals surface area contributed by atoms with Crippen LogP contribution < -0.4 is 10.2 Å². The van der Waals surface area contributed by atoms with Gasteiger partial charge in [0.2, 0.25) is 0 Å². The predicted molar refractivity (Wildman–Crippen MR) is 56.8 cm³/mol. The van der Waals surface area contributed by atoms with Gasteiger partial charge in [-0.25, -0.2) is 9.18 Å². The molecule has 0 unspecified atom stereocenters. The monoisotopic (exact) mass is 212 g/mol. The average molecular weight is 212 g/mol. The molecular formula is C10H13FN2O2. The number of nitrogens with one attached hydrogen (secondary N) is 1. The molecule has 0 aliphatic rings. The van der Waals surface area contributed by atoms with Gasteiger partial charge in [0.25, 0.3) is 0 Å². The number of benzene rings is 1. The lowest BCUT2D eigenvalue weighted by molar-refractivity contribution is 0.187. The maximum Gasteiger partial charge on any atom is 0.411 e. The molecule has 0 aliphatic heterocycles. The van der Waals surface area contributed by atoms with E-state index in [0.29, 0.717) is 11.4 Å². The number of rotatable bonds is 2. The molecule has 1 rings (SSSR count). The summed E-state index contributed by atoms with van der Waals surface area (Å²) in [5.41, 5.74) is 1.09. The summed E-state index contributed by atoms with van der Waals surface area (Å²) < 4.78 is 17.4. The van der Waals surface area contributed by atoms with Crippen LogP contribution in [0.1, 0.15) is 0 Å². The lowest BCUT2D eigenvalue weighted by atomic mass is 10.2. The topological polar surface area (TPSA) is 41.6 Å². The number of methoxy groups -OCH3 is 1. The first kappa shape index (κ1) is 11.3. The molecule has 1 N–H and O–H groups in total. The Labute approximate surface area is 87.6 Å². The van der Waals surface area contributed by atoms with Gasteiger partial charge >= 0.3 is 6.09 Å². The molecule has 82 valence electrons. The Morgan fingerprint density at radius 3 is 2.67 bits per heavy atom. The number of carbonyl (C=O) groups is 1. The largest absolute Gasteiger partial charge is 0.453 e. The Kier molecular flexibility index (Phi) is 3.49. The van der Waals surface area contributed by atoms with Crippen molar-refractivity contribution in [2.24, 2.45) is 0 Å². The first-order valence-corrected chi connectivity index (χ1v) is 4.36. The molecule has 0 aliphatic carbocycles. The number of anilines is 2. The van der Waals surface area contributed by atoms with Crippen LogP contribution in [0.4, 0.5) is 20.6 Å². The van der Waals surface area contributed by atoms with E-state index in [1.165, 1.54) is 19.2 Å². The molecule has 0 saturated carbocycles. The highest BCUT2D eigenvalue weighted by Crippen LogP contribution is 2.25. The Balaban J connectivity index is 3.02. The van der Waals surface area contributed by atoms with Gasteiger partial charge in [0.15, 0.2) is 0 Å². The van der Waals surface area contributed by atoms with E-state index in [1.54, 1.807) is 25.1 Å². The van der Waals surface area contributed by atoms with Crippen LogP contribution in [0.5, 0.6) is 0 Å². The molecule has 0 aromatic heterocycles. The second-order valence-electron chi connectivity index (χ2n) is 3.17. The molecular weight excluding hydrogens is 199 g/mol. The van der Waals surface area contributed by atoms with Gasteiger partial charge in [-0.05, 0) is 18.2 Å². The highest BCUT2D eigenvalue weighted by molar-refractivity contribution is 5.89. The minimum absolute atomic E-state index is 0.381.